The Morgan fingerprint density at radius 1 is 1.32 bits per heavy atom. The summed E-state index contributed by atoms with van der Waals surface area (Å²) in [5.74, 6) is 0.881. The topological polar surface area (TPSA) is 80.2 Å². The first-order valence-electron chi connectivity index (χ1n) is 6.79. The summed E-state index contributed by atoms with van der Waals surface area (Å²) in [5.41, 5.74) is 2.08. The van der Waals surface area contributed by atoms with Crippen LogP contribution in [0.5, 0.6) is 5.88 Å². The van der Waals surface area contributed by atoms with Gasteiger partial charge in [0.2, 0.25) is 11.8 Å². The van der Waals surface area contributed by atoms with Gasteiger partial charge in [0, 0.05) is 32.1 Å². The van der Waals surface area contributed by atoms with Crippen molar-refractivity contribution in [3.05, 3.63) is 41.3 Å². The largest absolute Gasteiger partial charge is 0.481 e. The second-order valence-electron chi connectivity index (χ2n) is 4.97. The van der Waals surface area contributed by atoms with Gasteiger partial charge in [-0.3, -0.25) is 4.79 Å². The Labute approximate surface area is 129 Å². The highest BCUT2D eigenvalue weighted by molar-refractivity contribution is 5.93. The van der Waals surface area contributed by atoms with Gasteiger partial charge in [0.25, 0.3) is 5.91 Å². The maximum absolute atomic E-state index is 12.1. The van der Waals surface area contributed by atoms with Crippen LogP contribution in [0, 0.1) is 6.92 Å². The number of amides is 1. The summed E-state index contributed by atoms with van der Waals surface area (Å²) in [6, 6.07) is 5.16. The number of anilines is 1. The molecule has 0 fully saturated rings. The molecule has 2 heterocycles. The third kappa shape index (κ3) is 3.91. The fraction of sp³-hybridized carbons (Fsp3) is 0.333. The van der Waals surface area contributed by atoms with E-state index in [9.17, 15) is 4.79 Å². The molecular weight excluding hydrogens is 282 g/mol. The van der Waals surface area contributed by atoms with Crippen molar-refractivity contribution in [3.8, 4) is 5.88 Å². The van der Waals surface area contributed by atoms with Crippen LogP contribution in [-0.2, 0) is 6.54 Å². The number of methoxy groups -OCH3 is 1. The molecule has 2 aromatic heterocycles. The second kappa shape index (κ2) is 6.84. The van der Waals surface area contributed by atoms with Crippen molar-refractivity contribution in [2.75, 3.05) is 26.1 Å². The number of nitrogens with zero attached hydrogens (tertiary/aromatic N) is 4. The zero-order valence-electron chi connectivity index (χ0n) is 13.1. The lowest BCUT2D eigenvalue weighted by atomic mass is 10.2. The molecule has 0 aliphatic heterocycles. The first-order valence-corrected chi connectivity index (χ1v) is 6.79. The lowest BCUT2D eigenvalue weighted by molar-refractivity contribution is 0.0950. The van der Waals surface area contributed by atoms with Crippen molar-refractivity contribution in [3.63, 3.8) is 0 Å². The minimum Gasteiger partial charge on any atom is -0.481 e. The molecular formula is C15H19N5O2. The normalized spacial score (nSPS) is 10.2. The number of nitrogens with one attached hydrogen (secondary N) is 1. The summed E-state index contributed by atoms with van der Waals surface area (Å²) in [5, 5.41) is 2.82. The maximum Gasteiger partial charge on any atom is 0.253 e. The van der Waals surface area contributed by atoms with Gasteiger partial charge in [-0.25, -0.2) is 15.0 Å². The predicted molar refractivity (Wildman–Crippen MR) is 83.1 cm³/mol. The van der Waals surface area contributed by atoms with Crippen molar-refractivity contribution in [2.24, 2.45) is 0 Å². The van der Waals surface area contributed by atoms with Crippen molar-refractivity contribution in [2.45, 2.75) is 13.5 Å². The highest BCUT2D eigenvalue weighted by atomic mass is 16.5. The molecule has 0 bridgehead atoms. The molecule has 1 amide bonds. The van der Waals surface area contributed by atoms with Gasteiger partial charge in [0.05, 0.1) is 24.9 Å². The molecule has 7 nitrogen and oxygen atoms in total. The smallest absolute Gasteiger partial charge is 0.253 e. The molecule has 0 aliphatic carbocycles. The van der Waals surface area contributed by atoms with Gasteiger partial charge >= 0.3 is 0 Å². The summed E-state index contributed by atoms with van der Waals surface area (Å²) >= 11 is 0. The molecule has 2 rings (SSSR count). The zero-order chi connectivity index (χ0) is 16.1. The fourth-order valence-corrected chi connectivity index (χ4v) is 1.82. The van der Waals surface area contributed by atoms with Crippen LogP contribution in [-0.4, -0.2) is 42.1 Å². The SMILES string of the molecule is COc1ccc(C(=O)NCc2cc(C)nc(N(C)C)n2)cn1. The van der Waals surface area contributed by atoms with Gasteiger partial charge in [-0.05, 0) is 19.1 Å². The van der Waals surface area contributed by atoms with Gasteiger partial charge < -0.3 is 15.0 Å². The highest BCUT2D eigenvalue weighted by Gasteiger charge is 2.08. The van der Waals surface area contributed by atoms with Crippen molar-refractivity contribution in [1.29, 1.82) is 0 Å². The molecule has 1 N–H and O–H groups in total. The summed E-state index contributed by atoms with van der Waals surface area (Å²) in [7, 11) is 5.28. The van der Waals surface area contributed by atoms with E-state index < -0.39 is 0 Å². The Kier molecular flexibility index (Phi) is 4.88. The van der Waals surface area contributed by atoms with Crippen molar-refractivity contribution >= 4 is 11.9 Å². The lowest BCUT2D eigenvalue weighted by Crippen LogP contribution is -2.24. The molecule has 22 heavy (non-hydrogen) atoms. The number of ether oxygens (including phenoxy) is 1. The highest BCUT2D eigenvalue weighted by Crippen LogP contribution is 2.09. The Bertz CT molecular complexity index is 655. The summed E-state index contributed by atoms with van der Waals surface area (Å²) in [4.78, 5) is 26.6. The number of pyridine rings is 1. The number of hydrogen-bond donors (Lipinski definition) is 1. The third-order valence-corrected chi connectivity index (χ3v) is 2.93. The quantitative estimate of drug-likeness (QED) is 0.893. The minimum absolute atomic E-state index is 0.210. The molecule has 0 aliphatic rings. The van der Waals surface area contributed by atoms with Crippen LogP contribution < -0.4 is 15.0 Å². The molecule has 0 aromatic carbocycles. The van der Waals surface area contributed by atoms with E-state index in [1.54, 1.807) is 12.1 Å². The number of hydrogen-bond acceptors (Lipinski definition) is 6. The van der Waals surface area contributed by atoms with Gasteiger partial charge in [-0.2, -0.15) is 0 Å². The number of aryl methyl sites for hydroxylation is 1. The summed E-state index contributed by atoms with van der Waals surface area (Å²) in [6.07, 6.45) is 1.48. The summed E-state index contributed by atoms with van der Waals surface area (Å²) < 4.78 is 4.96. The van der Waals surface area contributed by atoms with Gasteiger partial charge in [0.1, 0.15) is 0 Å². The van der Waals surface area contributed by atoms with Crippen molar-refractivity contribution < 1.29 is 9.53 Å². The number of aromatic nitrogens is 3. The Hall–Kier alpha value is -2.70. The zero-order valence-corrected chi connectivity index (χ0v) is 13.1. The van der Waals surface area contributed by atoms with E-state index in [0.29, 0.717) is 23.9 Å². The Balaban J connectivity index is 2.04. The fourth-order valence-electron chi connectivity index (χ4n) is 1.82. The number of carbonyl (C=O) groups is 1. The third-order valence-electron chi connectivity index (χ3n) is 2.93. The Morgan fingerprint density at radius 3 is 2.68 bits per heavy atom. The molecule has 116 valence electrons. The molecule has 7 heteroatoms. The first kappa shape index (κ1) is 15.7. The Morgan fingerprint density at radius 2 is 2.09 bits per heavy atom. The molecule has 0 radical (unpaired) electrons. The average molecular weight is 301 g/mol. The van der Waals surface area contributed by atoms with Crippen LogP contribution in [0.25, 0.3) is 0 Å². The molecule has 2 aromatic rings. The minimum atomic E-state index is -0.210. The van der Waals surface area contributed by atoms with E-state index in [0.717, 1.165) is 11.4 Å². The monoisotopic (exact) mass is 301 g/mol. The van der Waals surface area contributed by atoms with E-state index in [1.165, 1.54) is 13.3 Å². The van der Waals surface area contributed by atoms with Crippen LogP contribution in [0.3, 0.4) is 0 Å². The molecule has 0 saturated carbocycles. The standard InChI is InChI=1S/C15H19N5O2/c1-10-7-12(19-15(18-10)20(2)3)9-17-14(21)11-5-6-13(22-4)16-8-11/h5-8H,9H2,1-4H3,(H,17,21). The molecule has 0 saturated heterocycles. The first-order chi connectivity index (χ1) is 10.5. The van der Waals surface area contributed by atoms with Crippen molar-refractivity contribution in [1.82, 2.24) is 20.3 Å². The molecule has 0 unspecified atom stereocenters. The van der Waals surface area contributed by atoms with Crippen LogP contribution in [0.2, 0.25) is 0 Å². The van der Waals surface area contributed by atoms with Gasteiger partial charge in [-0.1, -0.05) is 0 Å². The lowest BCUT2D eigenvalue weighted by Gasteiger charge is -2.12. The second-order valence-corrected chi connectivity index (χ2v) is 4.97. The summed E-state index contributed by atoms with van der Waals surface area (Å²) in [6.45, 7) is 2.22. The van der Waals surface area contributed by atoms with Crippen LogP contribution in [0.4, 0.5) is 5.95 Å². The van der Waals surface area contributed by atoms with Crippen LogP contribution >= 0.6 is 0 Å². The average Bonchev–Trinajstić information content (AvgIpc) is 2.52. The maximum atomic E-state index is 12.1. The number of carbonyl (C=O) groups excluding carboxylic acids is 1. The van der Waals surface area contributed by atoms with Crippen LogP contribution in [0.1, 0.15) is 21.7 Å². The number of rotatable bonds is 5. The van der Waals surface area contributed by atoms with E-state index in [2.05, 4.69) is 20.3 Å². The van der Waals surface area contributed by atoms with E-state index in [-0.39, 0.29) is 5.91 Å². The molecule has 0 spiro atoms. The van der Waals surface area contributed by atoms with Crippen LogP contribution in [0.15, 0.2) is 24.4 Å². The molecule has 0 atom stereocenters. The van der Waals surface area contributed by atoms with E-state index in [1.807, 2.05) is 32.0 Å². The van der Waals surface area contributed by atoms with Gasteiger partial charge in [-0.15, -0.1) is 0 Å². The van der Waals surface area contributed by atoms with E-state index >= 15 is 0 Å². The van der Waals surface area contributed by atoms with Gasteiger partial charge in [0.15, 0.2) is 0 Å². The predicted octanol–water partition coefficient (Wildman–Crippen LogP) is 1.18. The van der Waals surface area contributed by atoms with E-state index in [4.69, 9.17) is 4.74 Å².